The number of fused-ring (bicyclic) bond motifs is 6. The van der Waals surface area contributed by atoms with Crippen molar-refractivity contribution in [2.45, 2.75) is 115 Å². The van der Waals surface area contributed by atoms with Crippen molar-refractivity contribution in [2.24, 2.45) is 45.7 Å². The van der Waals surface area contributed by atoms with Gasteiger partial charge in [0.2, 0.25) is 0 Å². The van der Waals surface area contributed by atoms with Crippen LogP contribution in [0.3, 0.4) is 0 Å². The summed E-state index contributed by atoms with van der Waals surface area (Å²) < 4.78 is 13.6. The zero-order chi connectivity index (χ0) is 31.7. The number of carbonyl (C=O) groups excluding carboxylic acids is 1. The number of hydrogen-bond donors (Lipinski definition) is 1. The summed E-state index contributed by atoms with van der Waals surface area (Å²) in [6.07, 6.45) is 12.0. The molecule has 2 heterocycles. The number of benzene rings is 2. The minimum Gasteiger partial charge on any atom is -0.457 e. The highest BCUT2D eigenvalue weighted by atomic mass is 16.5. The Labute approximate surface area is 275 Å². The molecule has 2 aliphatic heterocycles. The second-order valence-electron chi connectivity index (χ2n) is 17.3. The van der Waals surface area contributed by atoms with Gasteiger partial charge >= 0.3 is 0 Å². The minimum absolute atomic E-state index is 0.108. The summed E-state index contributed by atoms with van der Waals surface area (Å²) in [7, 11) is 0. The van der Waals surface area contributed by atoms with E-state index in [2.05, 4.69) is 56.9 Å². The zero-order valence-electron chi connectivity index (χ0n) is 28.3. The highest BCUT2D eigenvalue weighted by Gasteiger charge is 2.88. The monoisotopic (exact) mass is 620 g/mol. The van der Waals surface area contributed by atoms with Gasteiger partial charge in [-0.2, -0.15) is 0 Å². The lowest BCUT2D eigenvalue weighted by Crippen LogP contribution is -2.62. The SMILES string of the molecule is C[C@H]1C[C@H]2O[C@]3(CC[C@@]4(N)[C@@H]5CCC6=CC(=O)CC[C@]6(C)[C@H]5CC45CC53C)[C@H](C)[C@@H]2N(Cc2ccc(Oc3ccccc3)cc2)C1. The van der Waals surface area contributed by atoms with Crippen LogP contribution < -0.4 is 10.5 Å². The Morgan fingerprint density at radius 2 is 1.72 bits per heavy atom. The van der Waals surface area contributed by atoms with Crippen molar-refractivity contribution < 1.29 is 14.3 Å². The normalized spacial score (nSPS) is 47.3. The molecule has 5 aliphatic carbocycles. The molecular formula is C41H52N2O3. The molecule has 4 saturated carbocycles. The van der Waals surface area contributed by atoms with Crippen LogP contribution in [-0.4, -0.2) is 40.5 Å². The summed E-state index contributed by atoms with van der Waals surface area (Å²) in [5, 5.41) is 0. The second kappa shape index (κ2) is 9.80. The summed E-state index contributed by atoms with van der Waals surface area (Å²) in [5.41, 5.74) is 10.7. The zero-order valence-corrected chi connectivity index (χ0v) is 28.3. The Morgan fingerprint density at radius 1 is 0.957 bits per heavy atom. The fraction of sp³-hybridized carbons (Fsp3) is 0.634. The van der Waals surface area contributed by atoms with Crippen LogP contribution in [0.25, 0.3) is 0 Å². The van der Waals surface area contributed by atoms with Crippen molar-refractivity contribution in [3.8, 4) is 11.5 Å². The molecule has 2 spiro atoms. The van der Waals surface area contributed by atoms with Crippen LogP contribution in [0.2, 0.25) is 0 Å². The Hall–Kier alpha value is -2.47. The van der Waals surface area contributed by atoms with Crippen LogP contribution in [0, 0.1) is 39.9 Å². The van der Waals surface area contributed by atoms with E-state index in [1.54, 1.807) is 0 Å². The van der Waals surface area contributed by atoms with Gasteiger partial charge in [0, 0.05) is 42.4 Å². The number of piperidine rings is 1. The summed E-state index contributed by atoms with van der Waals surface area (Å²) in [6, 6.07) is 19.2. The fourth-order valence-electron chi connectivity index (χ4n) is 13.2. The molecule has 5 heteroatoms. The molecule has 2 aromatic rings. The Bertz CT molecular complexity index is 1590. The predicted molar refractivity (Wildman–Crippen MR) is 180 cm³/mol. The lowest BCUT2D eigenvalue weighted by molar-refractivity contribution is -0.152. The van der Waals surface area contributed by atoms with Crippen molar-refractivity contribution in [1.82, 2.24) is 4.90 Å². The standard InChI is InChI=1S/C41H52N2O3/c1-26-20-35-36(43(23-26)24-28-10-13-32(14-11-28)45-31-8-6-5-7-9-31)27(2)41(46-35)19-18-40(42)33-15-12-29-21-30(44)16-17-37(29,3)34(33)22-39(40)25-38(39,41)4/h5-11,13-14,21,26-27,33-36H,12,15-20,22-25,42H2,1-4H3/t26-,27+,33+,34-,35+,36-,37-,38?,39?,40+,41+/m0/s1. The minimum atomic E-state index is -0.115. The maximum Gasteiger partial charge on any atom is 0.155 e. The largest absolute Gasteiger partial charge is 0.457 e. The number of ether oxygens (including phenoxy) is 2. The lowest BCUT2D eigenvalue weighted by atomic mass is 9.54. The first-order valence-corrected chi connectivity index (χ1v) is 18.3. The number of nitrogens with two attached hydrogens (primary N) is 1. The fourth-order valence-corrected chi connectivity index (χ4v) is 13.2. The van der Waals surface area contributed by atoms with Crippen molar-refractivity contribution in [3.05, 3.63) is 71.8 Å². The van der Waals surface area contributed by atoms with E-state index in [9.17, 15) is 4.79 Å². The molecule has 2 saturated heterocycles. The summed E-state index contributed by atoms with van der Waals surface area (Å²) in [6.45, 7) is 12.1. The van der Waals surface area contributed by atoms with E-state index in [-0.39, 0.29) is 33.5 Å². The number of nitrogens with zero attached hydrogens (tertiary/aromatic N) is 1. The molecule has 2 aromatic carbocycles. The number of allylic oxidation sites excluding steroid dienone is 2. The molecular weight excluding hydrogens is 568 g/mol. The quantitative estimate of drug-likeness (QED) is 0.375. The van der Waals surface area contributed by atoms with E-state index in [0.717, 1.165) is 63.1 Å². The Kier molecular flexibility index (Phi) is 6.32. The van der Waals surface area contributed by atoms with Gasteiger partial charge in [0.1, 0.15) is 11.5 Å². The van der Waals surface area contributed by atoms with Gasteiger partial charge in [-0.3, -0.25) is 9.69 Å². The first-order chi connectivity index (χ1) is 22.0. The summed E-state index contributed by atoms with van der Waals surface area (Å²) >= 11 is 0. The van der Waals surface area contributed by atoms with E-state index in [1.165, 1.54) is 24.0 Å². The summed E-state index contributed by atoms with van der Waals surface area (Å²) in [4.78, 5) is 15.2. The third kappa shape index (κ3) is 3.77. The predicted octanol–water partition coefficient (Wildman–Crippen LogP) is 8.08. The summed E-state index contributed by atoms with van der Waals surface area (Å²) in [5.74, 6) is 4.30. The molecule has 2 unspecified atom stereocenters. The van der Waals surface area contributed by atoms with E-state index < -0.39 is 0 Å². The van der Waals surface area contributed by atoms with Gasteiger partial charge in [0.25, 0.3) is 0 Å². The molecule has 6 fully saturated rings. The smallest absolute Gasteiger partial charge is 0.155 e. The molecule has 46 heavy (non-hydrogen) atoms. The molecule has 0 amide bonds. The van der Waals surface area contributed by atoms with Gasteiger partial charge in [-0.1, -0.05) is 63.6 Å². The van der Waals surface area contributed by atoms with Crippen molar-refractivity contribution in [2.75, 3.05) is 6.54 Å². The maximum absolute atomic E-state index is 12.4. The highest BCUT2D eigenvalue weighted by molar-refractivity contribution is 5.91. The van der Waals surface area contributed by atoms with E-state index >= 15 is 0 Å². The first-order valence-electron chi connectivity index (χ1n) is 18.3. The Morgan fingerprint density at radius 3 is 2.50 bits per heavy atom. The van der Waals surface area contributed by atoms with Gasteiger partial charge in [-0.25, -0.2) is 0 Å². The number of likely N-dealkylation sites (tertiary alicyclic amines) is 1. The van der Waals surface area contributed by atoms with Crippen LogP contribution in [0.1, 0.15) is 91.0 Å². The molecule has 0 radical (unpaired) electrons. The third-order valence-corrected chi connectivity index (χ3v) is 15.4. The van der Waals surface area contributed by atoms with Crippen molar-refractivity contribution >= 4 is 5.78 Å². The third-order valence-electron chi connectivity index (χ3n) is 15.4. The molecule has 11 atom stereocenters. The second-order valence-corrected chi connectivity index (χ2v) is 17.3. The topological polar surface area (TPSA) is 64.8 Å². The van der Waals surface area contributed by atoms with Gasteiger partial charge in [0.05, 0.1) is 11.7 Å². The van der Waals surface area contributed by atoms with Crippen LogP contribution in [0.4, 0.5) is 0 Å². The van der Waals surface area contributed by atoms with Gasteiger partial charge < -0.3 is 15.2 Å². The van der Waals surface area contributed by atoms with Gasteiger partial charge in [-0.05, 0) is 116 Å². The van der Waals surface area contributed by atoms with Gasteiger partial charge in [0.15, 0.2) is 5.78 Å². The molecule has 244 valence electrons. The van der Waals surface area contributed by atoms with Crippen LogP contribution >= 0.6 is 0 Å². The number of rotatable bonds is 4. The maximum atomic E-state index is 12.4. The molecule has 0 bridgehead atoms. The van der Waals surface area contributed by atoms with Crippen molar-refractivity contribution in [3.63, 3.8) is 0 Å². The van der Waals surface area contributed by atoms with Crippen LogP contribution in [0.5, 0.6) is 11.5 Å². The number of ketones is 1. The molecule has 0 aromatic heterocycles. The van der Waals surface area contributed by atoms with Crippen LogP contribution in [0.15, 0.2) is 66.2 Å². The lowest BCUT2D eigenvalue weighted by Gasteiger charge is -2.54. The van der Waals surface area contributed by atoms with E-state index in [1.807, 2.05) is 36.4 Å². The number of hydrogen-bond acceptors (Lipinski definition) is 5. The Balaban J connectivity index is 0.985. The average molecular weight is 621 g/mol. The number of para-hydroxylation sites is 1. The number of carbonyl (C=O) groups is 1. The van der Waals surface area contributed by atoms with Gasteiger partial charge in [-0.15, -0.1) is 0 Å². The molecule has 9 rings (SSSR count). The van der Waals surface area contributed by atoms with E-state index in [4.69, 9.17) is 15.2 Å². The average Bonchev–Trinajstić information content (AvgIpc) is 3.46. The molecule has 5 nitrogen and oxygen atoms in total. The van der Waals surface area contributed by atoms with Crippen LogP contribution in [-0.2, 0) is 16.1 Å². The highest BCUT2D eigenvalue weighted by Crippen LogP contribution is 2.87. The molecule has 7 aliphatic rings. The van der Waals surface area contributed by atoms with E-state index in [0.29, 0.717) is 41.9 Å². The molecule has 2 N–H and O–H groups in total. The van der Waals surface area contributed by atoms with Crippen molar-refractivity contribution in [1.29, 1.82) is 0 Å². The first kappa shape index (κ1) is 29.7.